The second-order valence-electron chi connectivity index (χ2n) is 5.20. The van der Waals surface area contributed by atoms with Gasteiger partial charge in [-0.2, -0.15) is 0 Å². The summed E-state index contributed by atoms with van der Waals surface area (Å²) < 4.78 is 11.6. The highest BCUT2D eigenvalue weighted by atomic mass is 127. The zero-order valence-corrected chi connectivity index (χ0v) is 18.0. The maximum atomic E-state index is 12.1. The fourth-order valence-corrected chi connectivity index (χ4v) is 3.22. The van der Waals surface area contributed by atoms with Crippen LogP contribution in [0.2, 0.25) is 0 Å². The number of carbonyl (C=O) groups excluding carboxylic acids is 1. The van der Waals surface area contributed by atoms with Gasteiger partial charge in [-0.25, -0.2) is 14.8 Å². The van der Waals surface area contributed by atoms with Gasteiger partial charge in [0.2, 0.25) is 0 Å². The first-order valence-electron chi connectivity index (χ1n) is 8.25. The van der Waals surface area contributed by atoms with Crippen LogP contribution in [0.15, 0.2) is 29.6 Å². The van der Waals surface area contributed by atoms with E-state index in [1.54, 1.807) is 6.92 Å². The summed E-state index contributed by atoms with van der Waals surface area (Å²) in [7, 11) is 0. The van der Waals surface area contributed by atoms with E-state index >= 15 is 0 Å². The van der Waals surface area contributed by atoms with Crippen molar-refractivity contribution < 1.29 is 14.3 Å². The normalized spacial score (nSPS) is 10.5. The number of hydrogen-bond donors (Lipinski definition) is 1. The van der Waals surface area contributed by atoms with Crippen LogP contribution in [0.25, 0.3) is 0 Å². The molecule has 2 rings (SSSR count). The Bertz CT molecular complexity index is 758. The number of thioether (sulfide) groups is 1. The minimum Gasteiger partial charge on any atom is -0.494 e. The first kappa shape index (κ1) is 20.8. The highest BCUT2D eigenvalue weighted by Gasteiger charge is 2.16. The minimum atomic E-state index is -0.428. The zero-order chi connectivity index (χ0) is 18.9. The third kappa shape index (κ3) is 5.47. The summed E-state index contributed by atoms with van der Waals surface area (Å²) in [5.74, 6) is 0.958. The van der Waals surface area contributed by atoms with Crippen molar-refractivity contribution in [3.63, 3.8) is 0 Å². The van der Waals surface area contributed by atoms with Crippen molar-refractivity contribution in [1.82, 2.24) is 9.97 Å². The minimum absolute atomic E-state index is 0.306. The van der Waals surface area contributed by atoms with Crippen molar-refractivity contribution in [3.05, 3.63) is 41.1 Å². The molecule has 1 aromatic heterocycles. The average molecular weight is 487 g/mol. The van der Waals surface area contributed by atoms with Crippen molar-refractivity contribution in [2.75, 3.05) is 24.8 Å². The van der Waals surface area contributed by atoms with E-state index in [1.807, 2.05) is 25.3 Å². The van der Waals surface area contributed by atoms with E-state index in [4.69, 9.17) is 9.47 Å². The molecule has 26 heavy (non-hydrogen) atoms. The average Bonchev–Trinajstić information content (AvgIpc) is 2.67. The van der Waals surface area contributed by atoms with Crippen LogP contribution < -0.4 is 10.1 Å². The van der Waals surface area contributed by atoms with E-state index in [9.17, 15) is 4.79 Å². The van der Waals surface area contributed by atoms with E-state index in [0.29, 0.717) is 36.3 Å². The van der Waals surface area contributed by atoms with Gasteiger partial charge in [0.15, 0.2) is 5.16 Å². The number of nitrogens with one attached hydrogen (secondary N) is 1. The molecule has 0 aliphatic carbocycles. The summed E-state index contributed by atoms with van der Waals surface area (Å²) >= 11 is 3.74. The number of ether oxygens (including phenoxy) is 2. The highest BCUT2D eigenvalue weighted by Crippen LogP contribution is 2.24. The Morgan fingerprint density at radius 2 is 2.12 bits per heavy atom. The van der Waals surface area contributed by atoms with Crippen LogP contribution in [-0.4, -0.2) is 35.4 Å². The molecule has 1 N–H and O–H groups in total. The third-order valence-electron chi connectivity index (χ3n) is 3.47. The third-order valence-corrected chi connectivity index (χ3v) is 4.86. The van der Waals surface area contributed by atoms with Crippen molar-refractivity contribution in [2.24, 2.45) is 0 Å². The topological polar surface area (TPSA) is 73.3 Å². The van der Waals surface area contributed by atoms with Crippen LogP contribution >= 0.6 is 34.4 Å². The molecule has 0 bridgehead atoms. The Morgan fingerprint density at radius 3 is 2.77 bits per heavy atom. The molecule has 0 spiro atoms. The Balaban J connectivity index is 2.21. The molecule has 1 aromatic carbocycles. The van der Waals surface area contributed by atoms with Gasteiger partial charge in [0, 0.05) is 22.7 Å². The Morgan fingerprint density at radius 1 is 1.31 bits per heavy atom. The van der Waals surface area contributed by atoms with Gasteiger partial charge in [0.25, 0.3) is 0 Å². The lowest BCUT2D eigenvalue weighted by atomic mass is 10.1. The number of benzene rings is 1. The lowest BCUT2D eigenvalue weighted by Crippen LogP contribution is -2.13. The van der Waals surface area contributed by atoms with Gasteiger partial charge >= 0.3 is 5.97 Å². The zero-order valence-electron chi connectivity index (χ0n) is 15.0. The van der Waals surface area contributed by atoms with Crippen LogP contribution in [0.3, 0.4) is 0 Å². The Hall–Kier alpha value is -1.55. The highest BCUT2D eigenvalue weighted by molar-refractivity contribution is 14.1. The molecule has 0 aliphatic heterocycles. The lowest BCUT2D eigenvalue weighted by Gasteiger charge is -2.13. The number of carbonyl (C=O) groups is 1. The lowest BCUT2D eigenvalue weighted by molar-refractivity contribution is 0.0526. The molecule has 8 heteroatoms. The van der Waals surface area contributed by atoms with Crippen molar-refractivity contribution in [3.8, 4) is 5.75 Å². The SMILES string of the molecule is CCOC(=O)c1cnc(SC)nc1NCc1ccc(OCC)c(CI)c1. The largest absolute Gasteiger partial charge is 0.494 e. The summed E-state index contributed by atoms with van der Waals surface area (Å²) in [6.45, 7) is 5.23. The molecule has 0 amide bonds. The van der Waals surface area contributed by atoms with Crippen molar-refractivity contribution in [1.29, 1.82) is 0 Å². The van der Waals surface area contributed by atoms with Gasteiger partial charge in [0.05, 0.1) is 13.2 Å². The summed E-state index contributed by atoms with van der Waals surface area (Å²) in [5, 5.41) is 3.84. The van der Waals surface area contributed by atoms with Gasteiger partial charge in [-0.1, -0.05) is 40.4 Å². The standard InChI is InChI=1S/C18H22IN3O3S/c1-4-24-15-7-6-12(8-13(15)9-19)10-20-16-14(17(23)25-5-2)11-21-18(22-16)26-3/h6-8,11H,4-5,9-10H2,1-3H3,(H,20,21,22). The molecular weight excluding hydrogens is 465 g/mol. The smallest absolute Gasteiger partial charge is 0.343 e. The molecule has 140 valence electrons. The molecule has 0 unspecified atom stereocenters. The number of alkyl halides is 1. The van der Waals surface area contributed by atoms with E-state index < -0.39 is 5.97 Å². The Labute approximate surface area is 171 Å². The predicted octanol–water partition coefficient (Wildman–Crippen LogP) is 4.32. The van der Waals surface area contributed by atoms with Crippen LogP contribution in [0.4, 0.5) is 5.82 Å². The molecule has 6 nitrogen and oxygen atoms in total. The number of halogens is 1. The summed E-state index contributed by atoms with van der Waals surface area (Å²) in [6.07, 6.45) is 3.40. The number of nitrogens with zero attached hydrogens (tertiary/aromatic N) is 2. The molecule has 0 radical (unpaired) electrons. The second-order valence-corrected chi connectivity index (χ2v) is 6.74. The predicted molar refractivity (Wildman–Crippen MR) is 112 cm³/mol. The van der Waals surface area contributed by atoms with Crippen molar-refractivity contribution in [2.45, 2.75) is 30.0 Å². The second kappa shape index (κ2) is 10.6. The van der Waals surface area contributed by atoms with E-state index in [2.05, 4.69) is 43.9 Å². The maximum Gasteiger partial charge on any atom is 0.343 e. The number of anilines is 1. The van der Waals surface area contributed by atoms with E-state index in [-0.39, 0.29) is 0 Å². The van der Waals surface area contributed by atoms with Gasteiger partial charge in [-0.05, 0) is 37.8 Å². The van der Waals surface area contributed by atoms with Crippen LogP contribution in [0, 0.1) is 0 Å². The first-order chi connectivity index (χ1) is 12.6. The molecule has 0 atom stereocenters. The van der Waals surface area contributed by atoms with Crippen LogP contribution in [0.1, 0.15) is 35.3 Å². The first-order valence-corrected chi connectivity index (χ1v) is 11.0. The Kier molecular flexibility index (Phi) is 8.43. The molecular formula is C18H22IN3O3S. The van der Waals surface area contributed by atoms with Gasteiger partial charge in [0.1, 0.15) is 17.1 Å². The maximum absolute atomic E-state index is 12.1. The quantitative estimate of drug-likeness (QED) is 0.186. The van der Waals surface area contributed by atoms with Gasteiger partial charge in [-0.15, -0.1) is 0 Å². The molecule has 0 aliphatic rings. The fraction of sp³-hybridized carbons (Fsp3) is 0.389. The number of rotatable bonds is 9. The molecule has 0 saturated heterocycles. The number of hydrogen-bond acceptors (Lipinski definition) is 7. The number of aromatic nitrogens is 2. The van der Waals surface area contributed by atoms with E-state index in [0.717, 1.165) is 21.3 Å². The van der Waals surface area contributed by atoms with Crippen LogP contribution in [-0.2, 0) is 15.7 Å². The fourth-order valence-electron chi connectivity index (χ4n) is 2.29. The van der Waals surface area contributed by atoms with E-state index in [1.165, 1.54) is 18.0 Å². The van der Waals surface area contributed by atoms with Gasteiger partial charge < -0.3 is 14.8 Å². The summed E-state index contributed by atoms with van der Waals surface area (Å²) in [4.78, 5) is 20.7. The number of esters is 1. The van der Waals surface area contributed by atoms with Crippen molar-refractivity contribution >= 4 is 46.1 Å². The monoisotopic (exact) mass is 487 g/mol. The summed E-state index contributed by atoms with van der Waals surface area (Å²) in [6, 6.07) is 6.09. The summed E-state index contributed by atoms with van der Waals surface area (Å²) in [5.41, 5.74) is 2.56. The molecule has 2 aromatic rings. The van der Waals surface area contributed by atoms with Gasteiger partial charge in [-0.3, -0.25) is 0 Å². The molecule has 0 fully saturated rings. The molecule has 1 heterocycles. The van der Waals surface area contributed by atoms with Crippen LogP contribution in [0.5, 0.6) is 5.75 Å². The molecule has 0 saturated carbocycles.